The van der Waals surface area contributed by atoms with Crippen molar-refractivity contribution in [1.82, 2.24) is 19.3 Å². The lowest BCUT2D eigenvalue weighted by Crippen LogP contribution is -2.34. The van der Waals surface area contributed by atoms with E-state index in [2.05, 4.69) is 73.5 Å². The third-order valence-electron chi connectivity index (χ3n) is 5.36. The number of hydrogen-bond acceptors (Lipinski definition) is 3. The van der Waals surface area contributed by atoms with Gasteiger partial charge in [0, 0.05) is 17.9 Å². The van der Waals surface area contributed by atoms with Crippen molar-refractivity contribution in [3.05, 3.63) is 63.6 Å². The van der Waals surface area contributed by atoms with E-state index in [1.165, 1.54) is 30.5 Å². The second kappa shape index (κ2) is 7.49. The third-order valence-corrected chi connectivity index (χ3v) is 6.18. The second-order valence-corrected chi connectivity index (χ2v) is 8.18. The first-order chi connectivity index (χ1) is 12.6. The summed E-state index contributed by atoms with van der Waals surface area (Å²) in [7, 11) is 0. The molecular formula is C21H25BrN4. The van der Waals surface area contributed by atoms with Gasteiger partial charge in [0.1, 0.15) is 4.60 Å². The van der Waals surface area contributed by atoms with Gasteiger partial charge in [-0.15, -0.1) is 0 Å². The van der Waals surface area contributed by atoms with Crippen LogP contribution >= 0.6 is 15.9 Å². The number of likely N-dealkylation sites (tertiary alicyclic amines) is 1. The highest BCUT2D eigenvalue weighted by atomic mass is 79.9. The fraction of sp³-hybridized carbons (Fsp3) is 0.429. The summed E-state index contributed by atoms with van der Waals surface area (Å²) in [5, 5.41) is 0. The van der Waals surface area contributed by atoms with Crippen LogP contribution in [-0.2, 0) is 13.0 Å². The average Bonchev–Trinajstić information content (AvgIpc) is 2.93. The Morgan fingerprint density at radius 1 is 1.08 bits per heavy atom. The van der Waals surface area contributed by atoms with Crippen molar-refractivity contribution in [2.45, 2.75) is 39.7 Å². The molecule has 136 valence electrons. The molecule has 0 radical (unpaired) electrons. The van der Waals surface area contributed by atoms with Gasteiger partial charge in [-0.05, 0) is 79.7 Å². The number of benzene rings is 1. The first-order valence-electron chi connectivity index (χ1n) is 9.37. The molecule has 1 aliphatic heterocycles. The van der Waals surface area contributed by atoms with Crippen LogP contribution in [0.1, 0.15) is 35.5 Å². The van der Waals surface area contributed by atoms with Gasteiger partial charge in [-0.3, -0.25) is 9.30 Å². The minimum Gasteiger partial charge on any atom is -0.297 e. The van der Waals surface area contributed by atoms with Crippen molar-refractivity contribution in [3.8, 4) is 0 Å². The lowest BCUT2D eigenvalue weighted by Gasteiger charge is -2.31. The maximum Gasteiger partial charge on any atom is 0.235 e. The van der Waals surface area contributed by atoms with Crippen molar-refractivity contribution in [3.63, 3.8) is 0 Å². The Bertz CT molecular complexity index is 895. The SMILES string of the molecule is Cc1cc(C)n2c(Br)c(CN3CCC(Cc4ccccc4)CC3)nc2n1. The molecule has 0 aliphatic carbocycles. The van der Waals surface area contributed by atoms with Crippen LogP contribution in [-0.4, -0.2) is 32.4 Å². The first-order valence-corrected chi connectivity index (χ1v) is 10.2. The summed E-state index contributed by atoms with van der Waals surface area (Å²) in [6, 6.07) is 13.0. The topological polar surface area (TPSA) is 33.4 Å². The number of nitrogens with zero attached hydrogens (tertiary/aromatic N) is 4. The molecule has 0 bridgehead atoms. The van der Waals surface area contributed by atoms with E-state index in [0.29, 0.717) is 0 Å². The maximum absolute atomic E-state index is 4.78. The van der Waals surface area contributed by atoms with Gasteiger partial charge in [-0.1, -0.05) is 30.3 Å². The Kier molecular flexibility index (Phi) is 5.09. The van der Waals surface area contributed by atoms with E-state index >= 15 is 0 Å². The largest absolute Gasteiger partial charge is 0.297 e. The van der Waals surface area contributed by atoms with E-state index in [1.54, 1.807) is 0 Å². The van der Waals surface area contributed by atoms with Crippen LogP contribution in [0, 0.1) is 19.8 Å². The number of fused-ring (bicyclic) bond motifs is 1. The molecular weight excluding hydrogens is 388 g/mol. The number of imidazole rings is 1. The monoisotopic (exact) mass is 412 g/mol. The average molecular weight is 413 g/mol. The van der Waals surface area contributed by atoms with E-state index in [4.69, 9.17) is 4.98 Å². The zero-order valence-corrected chi connectivity index (χ0v) is 17.0. The molecule has 3 aromatic rings. The summed E-state index contributed by atoms with van der Waals surface area (Å²) in [6.07, 6.45) is 3.72. The first kappa shape index (κ1) is 17.7. The van der Waals surface area contributed by atoms with Crippen molar-refractivity contribution in [2.75, 3.05) is 13.1 Å². The number of aryl methyl sites for hydroxylation is 2. The predicted octanol–water partition coefficient (Wildman–Crippen LogP) is 4.56. The van der Waals surface area contributed by atoms with Crippen molar-refractivity contribution in [2.24, 2.45) is 5.92 Å². The van der Waals surface area contributed by atoms with Crippen LogP contribution in [0.5, 0.6) is 0 Å². The highest BCUT2D eigenvalue weighted by Crippen LogP contribution is 2.26. The van der Waals surface area contributed by atoms with Crippen LogP contribution in [0.25, 0.3) is 5.78 Å². The molecule has 3 heterocycles. The molecule has 4 nitrogen and oxygen atoms in total. The number of hydrogen-bond donors (Lipinski definition) is 0. The van der Waals surface area contributed by atoms with Gasteiger partial charge in [-0.25, -0.2) is 9.97 Å². The second-order valence-electron chi connectivity index (χ2n) is 7.43. The minimum absolute atomic E-state index is 0.795. The lowest BCUT2D eigenvalue weighted by molar-refractivity contribution is 0.175. The van der Waals surface area contributed by atoms with Gasteiger partial charge in [0.05, 0.1) is 5.69 Å². The summed E-state index contributed by atoms with van der Waals surface area (Å²) in [5.41, 5.74) is 4.74. The number of aromatic nitrogens is 3. The van der Waals surface area contributed by atoms with Crippen molar-refractivity contribution < 1.29 is 0 Å². The molecule has 1 aliphatic rings. The Hall–Kier alpha value is -1.72. The smallest absolute Gasteiger partial charge is 0.235 e. The number of halogens is 1. The van der Waals surface area contributed by atoms with Crippen molar-refractivity contribution in [1.29, 1.82) is 0 Å². The normalized spacial score (nSPS) is 16.4. The van der Waals surface area contributed by atoms with Gasteiger partial charge < -0.3 is 0 Å². The number of piperidine rings is 1. The van der Waals surface area contributed by atoms with Crippen LogP contribution in [0.15, 0.2) is 41.0 Å². The fourth-order valence-electron chi connectivity index (χ4n) is 3.99. The molecule has 26 heavy (non-hydrogen) atoms. The summed E-state index contributed by atoms with van der Waals surface area (Å²) in [5.74, 6) is 1.59. The van der Waals surface area contributed by atoms with Crippen LogP contribution in [0.3, 0.4) is 0 Å². The molecule has 5 heteroatoms. The van der Waals surface area contributed by atoms with Crippen LogP contribution in [0.4, 0.5) is 0 Å². The predicted molar refractivity (Wildman–Crippen MR) is 108 cm³/mol. The molecule has 2 aromatic heterocycles. The quantitative estimate of drug-likeness (QED) is 0.629. The van der Waals surface area contributed by atoms with E-state index < -0.39 is 0 Å². The highest BCUT2D eigenvalue weighted by molar-refractivity contribution is 9.10. The zero-order chi connectivity index (χ0) is 18.1. The number of rotatable bonds is 4. The lowest BCUT2D eigenvalue weighted by atomic mass is 9.90. The Morgan fingerprint density at radius 3 is 2.54 bits per heavy atom. The molecule has 1 aromatic carbocycles. The summed E-state index contributed by atoms with van der Waals surface area (Å²) < 4.78 is 3.15. The molecule has 0 amide bonds. The molecule has 4 rings (SSSR count). The van der Waals surface area contributed by atoms with E-state index in [-0.39, 0.29) is 0 Å². The molecule has 0 unspecified atom stereocenters. The Morgan fingerprint density at radius 2 is 1.81 bits per heavy atom. The molecule has 0 atom stereocenters. The van der Waals surface area contributed by atoms with E-state index in [9.17, 15) is 0 Å². The summed E-state index contributed by atoms with van der Waals surface area (Å²) in [4.78, 5) is 11.9. The third kappa shape index (κ3) is 3.69. The molecule has 0 saturated carbocycles. The van der Waals surface area contributed by atoms with Gasteiger partial charge in [0.15, 0.2) is 0 Å². The van der Waals surface area contributed by atoms with E-state index in [1.807, 2.05) is 6.92 Å². The Balaban J connectivity index is 1.41. The zero-order valence-electron chi connectivity index (χ0n) is 15.5. The molecule has 0 spiro atoms. The Labute approximate surface area is 163 Å². The maximum atomic E-state index is 4.78. The highest BCUT2D eigenvalue weighted by Gasteiger charge is 2.22. The van der Waals surface area contributed by atoms with Crippen LogP contribution < -0.4 is 0 Å². The van der Waals surface area contributed by atoms with Crippen molar-refractivity contribution >= 4 is 21.7 Å². The van der Waals surface area contributed by atoms with Gasteiger partial charge >= 0.3 is 0 Å². The van der Waals surface area contributed by atoms with Gasteiger partial charge in [0.25, 0.3) is 0 Å². The fourth-order valence-corrected chi connectivity index (χ4v) is 4.64. The standard InChI is InChI=1S/C21H25BrN4/c1-15-12-16(2)26-20(22)19(24-21(26)23-15)14-25-10-8-18(9-11-25)13-17-6-4-3-5-7-17/h3-7,12,18H,8-11,13-14H2,1-2H3. The van der Waals surface area contributed by atoms with Gasteiger partial charge in [0.2, 0.25) is 5.78 Å². The van der Waals surface area contributed by atoms with E-state index in [0.717, 1.165) is 47.3 Å². The minimum atomic E-state index is 0.795. The molecule has 1 saturated heterocycles. The molecule has 0 N–H and O–H groups in total. The molecule has 1 fully saturated rings. The summed E-state index contributed by atoms with van der Waals surface area (Å²) in [6.45, 7) is 7.30. The van der Waals surface area contributed by atoms with Crippen LogP contribution in [0.2, 0.25) is 0 Å². The summed E-state index contributed by atoms with van der Waals surface area (Å²) >= 11 is 3.74. The van der Waals surface area contributed by atoms with Gasteiger partial charge in [-0.2, -0.15) is 0 Å².